The highest BCUT2D eigenvalue weighted by molar-refractivity contribution is 7.14. The van der Waals surface area contributed by atoms with Crippen LogP contribution in [0.5, 0.6) is 0 Å². The number of nitro groups is 1. The van der Waals surface area contributed by atoms with Crippen molar-refractivity contribution < 1.29 is 19.2 Å². The molecule has 1 amide bonds. The summed E-state index contributed by atoms with van der Waals surface area (Å²) in [4.78, 5) is 37.8. The predicted molar refractivity (Wildman–Crippen MR) is 93.2 cm³/mol. The van der Waals surface area contributed by atoms with Crippen molar-refractivity contribution in [2.24, 2.45) is 0 Å². The normalized spacial score (nSPS) is 10.6. The molecule has 0 unspecified atom stereocenters. The lowest BCUT2D eigenvalue weighted by atomic mass is 10.1. The van der Waals surface area contributed by atoms with E-state index in [9.17, 15) is 19.7 Å². The zero-order valence-corrected chi connectivity index (χ0v) is 14.1. The molecule has 0 saturated heterocycles. The van der Waals surface area contributed by atoms with Gasteiger partial charge >= 0.3 is 5.97 Å². The number of aromatic nitrogens is 1. The monoisotopic (exact) mass is 361 g/mol. The van der Waals surface area contributed by atoms with E-state index >= 15 is 0 Å². The minimum absolute atomic E-state index is 0.0340. The molecule has 130 valence electrons. The smallest absolute Gasteiger partial charge is 0.311 e. The number of carbonyl (C=O) groups is 2. The Morgan fingerprint density at radius 2 is 2.16 bits per heavy atom. The zero-order valence-electron chi connectivity index (χ0n) is 13.3. The zero-order chi connectivity index (χ0) is 18.2. The molecule has 0 aliphatic heterocycles. The van der Waals surface area contributed by atoms with E-state index in [1.165, 1.54) is 29.6 Å². The summed E-state index contributed by atoms with van der Waals surface area (Å²) in [7, 11) is 0. The number of nitrogens with one attached hydrogen (secondary N) is 1. The summed E-state index contributed by atoms with van der Waals surface area (Å²) < 4.78 is 4.83. The molecule has 1 aromatic heterocycles. The van der Waals surface area contributed by atoms with Gasteiger partial charge in [-0.05, 0) is 19.1 Å². The van der Waals surface area contributed by atoms with Crippen molar-refractivity contribution >= 4 is 40.1 Å². The second-order valence-corrected chi connectivity index (χ2v) is 5.62. The van der Waals surface area contributed by atoms with Gasteiger partial charge in [-0.3, -0.25) is 25.0 Å². The summed E-state index contributed by atoms with van der Waals surface area (Å²) in [6.07, 6.45) is 2.58. The second kappa shape index (κ2) is 8.69. The maximum atomic E-state index is 11.9. The van der Waals surface area contributed by atoms with Crippen LogP contribution in [-0.2, 0) is 20.7 Å². The number of rotatable bonds is 7. The Labute approximate surface area is 147 Å². The van der Waals surface area contributed by atoms with Gasteiger partial charge in [0.05, 0.1) is 29.2 Å². The standard InChI is InChI=1S/C16H15N3O5S/c1-2-24-15(21)9-12-10-25-16(17-12)18-14(20)8-7-11-5-3-4-6-13(11)19(22)23/h3-8,10H,2,9H2,1H3,(H,17,18,20)/b8-7+. The Bertz CT molecular complexity index is 816. The molecule has 1 heterocycles. The molecular weight excluding hydrogens is 346 g/mol. The van der Waals surface area contributed by atoms with Gasteiger partial charge in [-0.2, -0.15) is 0 Å². The lowest BCUT2D eigenvalue weighted by molar-refractivity contribution is -0.385. The largest absolute Gasteiger partial charge is 0.466 e. The third-order valence-electron chi connectivity index (χ3n) is 2.96. The predicted octanol–water partition coefficient (Wildman–Crippen LogP) is 2.81. The molecule has 1 N–H and O–H groups in total. The van der Waals surface area contributed by atoms with E-state index in [1.54, 1.807) is 30.5 Å². The topological polar surface area (TPSA) is 111 Å². The average molecular weight is 361 g/mol. The number of hydrogen-bond donors (Lipinski definition) is 1. The molecule has 8 nitrogen and oxygen atoms in total. The average Bonchev–Trinajstić information content (AvgIpc) is 3.00. The van der Waals surface area contributed by atoms with Crippen molar-refractivity contribution in [2.75, 3.05) is 11.9 Å². The van der Waals surface area contributed by atoms with Gasteiger partial charge in [-0.25, -0.2) is 4.98 Å². The lowest BCUT2D eigenvalue weighted by Crippen LogP contribution is -2.09. The number of thiazole rings is 1. The van der Waals surface area contributed by atoms with E-state index in [0.29, 0.717) is 23.0 Å². The van der Waals surface area contributed by atoms with Gasteiger partial charge < -0.3 is 4.74 Å². The lowest BCUT2D eigenvalue weighted by Gasteiger charge is -1.99. The summed E-state index contributed by atoms with van der Waals surface area (Å²) in [5.41, 5.74) is 0.740. The molecule has 0 bridgehead atoms. The summed E-state index contributed by atoms with van der Waals surface area (Å²) in [5, 5.41) is 15.4. The van der Waals surface area contributed by atoms with Crippen molar-refractivity contribution in [3.63, 3.8) is 0 Å². The number of para-hydroxylation sites is 1. The van der Waals surface area contributed by atoms with Gasteiger partial charge in [-0.1, -0.05) is 12.1 Å². The molecule has 0 spiro atoms. The molecule has 9 heteroatoms. The van der Waals surface area contributed by atoms with Gasteiger partial charge in [0.25, 0.3) is 5.69 Å². The first kappa shape index (κ1) is 18.3. The first-order valence-electron chi connectivity index (χ1n) is 7.32. The van der Waals surface area contributed by atoms with E-state index in [1.807, 2.05) is 0 Å². The Morgan fingerprint density at radius 3 is 2.88 bits per heavy atom. The van der Waals surface area contributed by atoms with E-state index < -0.39 is 10.8 Å². The minimum atomic E-state index is -0.514. The van der Waals surface area contributed by atoms with Crippen molar-refractivity contribution in [1.82, 2.24) is 4.98 Å². The highest BCUT2D eigenvalue weighted by Crippen LogP contribution is 2.19. The number of esters is 1. The van der Waals surface area contributed by atoms with E-state index in [2.05, 4.69) is 10.3 Å². The number of amides is 1. The van der Waals surface area contributed by atoms with Crippen LogP contribution in [0.4, 0.5) is 10.8 Å². The van der Waals surface area contributed by atoms with Crippen LogP contribution in [0, 0.1) is 10.1 Å². The molecule has 0 aliphatic carbocycles. The maximum Gasteiger partial charge on any atom is 0.311 e. The number of carbonyl (C=O) groups excluding carboxylic acids is 2. The number of nitrogens with zero attached hydrogens (tertiary/aromatic N) is 2. The number of ether oxygens (including phenoxy) is 1. The van der Waals surface area contributed by atoms with Crippen LogP contribution >= 0.6 is 11.3 Å². The second-order valence-electron chi connectivity index (χ2n) is 4.76. The SMILES string of the molecule is CCOC(=O)Cc1csc(NC(=O)/C=C/c2ccccc2[N+](=O)[O-])n1. The van der Waals surface area contributed by atoms with Crippen LogP contribution < -0.4 is 5.32 Å². The van der Waals surface area contributed by atoms with Crippen LogP contribution in [0.25, 0.3) is 6.08 Å². The van der Waals surface area contributed by atoms with Crippen LogP contribution in [0.2, 0.25) is 0 Å². The molecular formula is C16H15N3O5S. The van der Waals surface area contributed by atoms with Crippen molar-refractivity contribution in [3.05, 3.63) is 57.1 Å². The number of anilines is 1. The highest BCUT2D eigenvalue weighted by Gasteiger charge is 2.11. The first-order valence-corrected chi connectivity index (χ1v) is 8.20. The van der Waals surface area contributed by atoms with Gasteiger partial charge in [0.1, 0.15) is 0 Å². The van der Waals surface area contributed by atoms with Gasteiger partial charge in [-0.15, -0.1) is 11.3 Å². The van der Waals surface area contributed by atoms with Crippen molar-refractivity contribution in [3.8, 4) is 0 Å². The van der Waals surface area contributed by atoms with Crippen LogP contribution in [0.3, 0.4) is 0 Å². The molecule has 0 saturated carbocycles. The molecule has 0 aliphatic rings. The van der Waals surface area contributed by atoms with Gasteiger partial charge in [0.15, 0.2) is 5.13 Å². The molecule has 2 rings (SSSR count). The number of benzene rings is 1. The summed E-state index contributed by atoms with van der Waals surface area (Å²) in [5.74, 6) is -0.864. The highest BCUT2D eigenvalue weighted by atomic mass is 32.1. The molecule has 0 fully saturated rings. The summed E-state index contributed by atoms with van der Waals surface area (Å²) in [6.45, 7) is 2.01. The number of hydrogen-bond acceptors (Lipinski definition) is 7. The van der Waals surface area contributed by atoms with Crippen LogP contribution in [-0.4, -0.2) is 28.4 Å². The Hall–Kier alpha value is -3.07. The Morgan fingerprint density at radius 1 is 1.40 bits per heavy atom. The summed E-state index contributed by atoms with van der Waals surface area (Å²) in [6, 6.07) is 6.10. The fourth-order valence-corrected chi connectivity index (χ4v) is 2.63. The molecule has 0 atom stereocenters. The minimum Gasteiger partial charge on any atom is -0.466 e. The van der Waals surface area contributed by atoms with Crippen molar-refractivity contribution in [2.45, 2.75) is 13.3 Å². The first-order chi connectivity index (χ1) is 12.0. The third kappa shape index (κ3) is 5.50. The fraction of sp³-hybridized carbons (Fsp3) is 0.188. The molecule has 1 aromatic carbocycles. The van der Waals surface area contributed by atoms with E-state index in [-0.39, 0.29) is 18.1 Å². The maximum absolute atomic E-state index is 11.9. The molecule has 2 aromatic rings. The quantitative estimate of drug-likeness (QED) is 0.351. The number of nitro benzene ring substituents is 1. The van der Waals surface area contributed by atoms with Gasteiger partial charge in [0, 0.05) is 17.5 Å². The fourth-order valence-electron chi connectivity index (χ4n) is 1.91. The summed E-state index contributed by atoms with van der Waals surface area (Å²) >= 11 is 1.17. The van der Waals surface area contributed by atoms with Crippen LogP contribution in [0.15, 0.2) is 35.7 Å². The Balaban J connectivity index is 1.98. The Kier molecular flexibility index (Phi) is 6.35. The van der Waals surface area contributed by atoms with E-state index in [4.69, 9.17) is 4.74 Å². The van der Waals surface area contributed by atoms with Crippen molar-refractivity contribution in [1.29, 1.82) is 0 Å². The van der Waals surface area contributed by atoms with E-state index in [0.717, 1.165) is 0 Å². The van der Waals surface area contributed by atoms with Gasteiger partial charge in [0.2, 0.25) is 5.91 Å². The van der Waals surface area contributed by atoms with Crippen LogP contribution in [0.1, 0.15) is 18.2 Å². The molecule has 0 radical (unpaired) electrons. The third-order valence-corrected chi connectivity index (χ3v) is 3.77. The molecule has 25 heavy (non-hydrogen) atoms.